The number of hydrogen-bond donors (Lipinski definition) is 3. The summed E-state index contributed by atoms with van der Waals surface area (Å²) < 4.78 is 71.6. The van der Waals surface area contributed by atoms with E-state index in [-0.39, 0.29) is 30.8 Å². The molecule has 2 atom stereocenters. The molecule has 0 fully saturated rings. The van der Waals surface area contributed by atoms with Crippen LogP contribution in [0.2, 0.25) is 0 Å². The molecule has 4 aromatic carbocycles. The molecule has 0 unspecified atom stereocenters. The van der Waals surface area contributed by atoms with Gasteiger partial charge in [0.1, 0.15) is 5.75 Å². The number of aliphatic hydroxyl groups excluding tert-OH is 1. The van der Waals surface area contributed by atoms with Gasteiger partial charge in [-0.1, -0.05) is 60.7 Å². The highest BCUT2D eigenvalue weighted by molar-refractivity contribution is 7.92. The summed E-state index contributed by atoms with van der Waals surface area (Å²) in [5, 5.41) is 17.0. The summed E-state index contributed by atoms with van der Waals surface area (Å²) in [4.78, 5) is 13.8. The molecule has 0 aromatic heterocycles. The monoisotopic (exact) mass is 641 g/mol. The van der Waals surface area contributed by atoms with Crippen LogP contribution < -0.4 is 19.7 Å². The Bertz CT molecular complexity index is 1680. The summed E-state index contributed by atoms with van der Waals surface area (Å²) in [5.41, 5.74) is 0.892. The molecule has 0 heterocycles. The summed E-state index contributed by atoms with van der Waals surface area (Å²) in [7, 11) is -2.42. The molecule has 0 radical (unpaired) electrons. The highest BCUT2D eigenvalue weighted by atomic mass is 32.2. The number of nitrogens with one attached hydrogen (secondary N) is 2. The van der Waals surface area contributed by atoms with Crippen molar-refractivity contribution in [1.82, 2.24) is 10.6 Å². The minimum atomic E-state index is -4.48. The number of nitrogens with zero attached hydrogens (tertiary/aromatic N) is 1. The standard InChI is InChI=1S/C33H34F3N3O5S/c1-44-27-17-15-26(16-18-27)39(45(2,42)43)30-14-7-6-13-28(30)32(41)38-29(20-23-9-4-3-5-10-23)31(40)22-37-21-24-11-8-12-25(19-24)33(34,35)36/h3-19,29,31,37,40H,20-22H2,1-2H3,(H,38,41)/t29-,31+/m0/s1. The third kappa shape index (κ3) is 9.07. The van der Waals surface area contributed by atoms with E-state index in [1.54, 1.807) is 42.5 Å². The van der Waals surface area contributed by atoms with E-state index >= 15 is 0 Å². The van der Waals surface area contributed by atoms with Crippen molar-refractivity contribution in [3.63, 3.8) is 0 Å². The number of alkyl halides is 3. The maximum atomic E-state index is 13.8. The molecule has 3 N–H and O–H groups in total. The van der Waals surface area contributed by atoms with Crippen molar-refractivity contribution in [2.45, 2.75) is 31.3 Å². The number of halogens is 3. The highest BCUT2D eigenvalue weighted by Gasteiger charge is 2.31. The van der Waals surface area contributed by atoms with E-state index in [2.05, 4.69) is 10.6 Å². The van der Waals surface area contributed by atoms with Crippen LogP contribution in [0.4, 0.5) is 24.5 Å². The maximum absolute atomic E-state index is 13.8. The molecule has 0 saturated carbocycles. The fourth-order valence-corrected chi connectivity index (χ4v) is 5.85. The Morgan fingerprint density at radius 1 is 0.911 bits per heavy atom. The van der Waals surface area contributed by atoms with Gasteiger partial charge in [-0.3, -0.25) is 4.79 Å². The fourth-order valence-electron chi connectivity index (χ4n) is 4.83. The number of amides is 1. The first kappa shape index (κ1) is 33.5. The Morgan fingerprint density at radius 2 is 1.56 bits per heavy atom. The molecule has 0 aliphatic rings. The topological polar surface area (TPSA) is 108 Å². The Kier molecular flexibility index (Phi) is 10.9. The lowest BCUT2D eigenvalue weighted by Crippen LogP contribution is -2.49. The Morgan fingerprint density at radius 3 is 2.20 bits per heavy atom. The molecule has 4 rings (SSSR count). The SMILES string of the molecule is COc1ccc(N(c2ccccc2C(=O)N[C@@H](Cc2ccccc2)[C@H](O)CNCc2cccc(C(F)(F)F)c2)S(C)(=O)=O)cc1. The highest BCUT2D eigenvalue weighted by Crippen LogP contribution is 2.33. The molecule has 8 nitrogen and oxygen atoms in total. The zero-order valence-corrected chi connectivity index (χ0v) is 25.5. The number of carbonyl (C=O) groups excluding carboxylic acids is 1. The van der Waals surface area contributed by atoms with Crippen LogP contribution in [0.25, 0.3) is 0 Å². The summed E-state index contributed by atoms with van der Waals surface area (Å²) in [6, 6.07) is 25.8. The zero-order chi connectivity index (χ0) is 32.6. The number of hydrogen-bond acceptors (Lipinski definition) is 6. The normalized spacial score (nSPS) is 13.1. The second-order valence-corrected chi connectivity index (χ2v) is 12.2. The molecular formula is C33H34F3N3O5S. The number of carbonyl (C=O) groups is 1. The van der Waals surface area contributed by atoms with Gasteiger partial charge in [-0.25, -0.2) is 12.7 Å². The van der Waals surface area contributed by atoms with Gasteiger partial charge in [-0.2, -0.15) is 13.2 Å². The van der Waals surface area contributed by atoms with Gasteiger partial charge in [-0.05, 0) is 60.0 Å². The Balaban J connectivity index is 1.57. The molecule has 1 amide bonds. The molecule has 238 valence electrons. The number of ether oxygens (including phenoxy) is 1. The van der Waals surface area contributed by atoms with E-state index in [1.165, 1.54) is 25.3 Å². The Hall–Kier alpha value is -4.39. The molecule has 0 saturated heterocycles. The lowest BCUT2D eigenvalue weighted by Gasteiger charge is -2.27. The van der Waals surface area contributed by atoms with Gasteiger partial charge >= 0.3 is 6.18 Å². The Labute approximate surface area is 260 Å². The average molecular weight is 642 g/mol. The van der Waals surface area contributed by atoms with E-state index in [0.717, 1.165) is 28.3 Å². The van der Waals surface area contributed by atoms with E-state index in [1.807, 2.05) is 30.3 Å². The van der Waals surface area contributed by atoms with Gasteiger partial charge < -0.3 is 20.5 Å². The first-order chi connectivity index (χ1) is 21.4. The fraction of sp³-hybridized carbons (Fsp3) is 0.242. The van der Waals surface area contributed by atoms with Gasteiger partial charge in [-0.15, -0.1) is 0 Å². The van der Waals surface area contributed by atoms with Crippen LogP contribution in [0, 0.1) is 0 Å². The smallest absolute Gasteiger partial charge is 0.416 e. The second kappa shape index (κ2) is 14.6. The summed E-state index contributed by atoms with van der Waals surface area (Å²) in [6.07, 6.45) is -4.37. The number of sulfonamides is 1. The van der Waals surface area contributed by atoms with Crippen molar-refractivity contribution >= 4 is 27.3 Å². The van der Waals surface area contributed by atoms with Crippen molar-refractivity contribution in [3.05, 3.63) is 125 Å². The van der Waals surface area contributed by atoms with E-state index in [4.69, 9.17) is 4.74 Å². The van der Waals surface area contributed by atoms with Crippen molar-refractivity contribution in [3.8, 4) is 5.75 Å². The zero-order valence-electron chi connectivity index (χ0n) is 24.7. The predicted molar refractivity (Wildman–Crippen MR) is 167 cm³/mol. The van der Waals surface area contributed by atoms with Crippen LogP contribution in [0.1, 0.15) is 27.0 Å². The van der Waals surface area contributed by atoms with Crippen LogP contribution in [0.3, 0.4) is 0 Å². The maximum Gasteiger partial charge on any atom is 0.416 e. The first-order valence-corrected chi connectivity index (χ1v) is 15.8. The van der Waals surface area contributed by atoms with Crippen LogP contribution >= 0.6 is 0 Å². The second-order valence-electron chi connectivity index (χ2n) is 10.4. The van der Waals surface area contributed by atoms with Crippen LogP contribution in [0.5, 0.6) is 5.75 Å². The first-order valence-electron chi connectivity index (χ1n) is 14.0. The largest absolute Gasteiger partial charge is 0.497 e. The summed E-state index contributed by atoms with van der Waals surface area (Å²) >= 11 is 0. The molecule has 4 aromatic rings. The third-order valence-corrected chi connectivity index (χ3v) is 8.09. The predicted octanol–water partition coefficient (Wildman–Crippen LogP) is 5.30. The number of benzene rings is 4. The van der Waals surface area contributed by atoms with Gasteiger partial charge in [0.25, 0.3) is 5.91 Å². The summed E-state index contributed by atoms with van der Waals surface area (Å²) in [6.45, 7) is 0.0119. The third-order valence-electron chi connectivity index (χ3n) is 7.02. The van der Waals surface area contributed by atoms with Gasteiger partial charge in [0, 0.05) is 13.1 Å². The van der Waals surface area contributed by atoms with Crippen LogP contribution in [0.15, 0.2) is 103 Å². The van der Waals surface area contributed by atoms with Gasteiger partial charge in [0.15, 0.2) is 0 Å². The number of rotatable bonds is 13. The molecule has 0 bridgehead atoms. The van der Waals surface area contributed by atoms with E-state index in [9.17, 15) is 31.5 Å². The lowest BCUT2D eigenvalue weighted by molar-refractivity contribution is -0.137. The number of para-hydroxylation sites is 1. The molecule has 0 spiro atoms. The van der Waals surface area contributed by atoms with Crippen molar-refractivity contribution in [1.29, 1.82) is 0 Å². The minimum Gasteiger partial charge on any atom is -0.497 e. The van der Waals surface area contributed by atoms with Crippen molar-refractivity contribution < 1.29 is 36.2 Å². The van der Waals surface area contributed by atoms with Crippen LogP contribution in [-0.4, -0.2) is 51.5 Å². The lowest BCUT2D eigenvalue weighted by atomic mass is 10.00. The van der Waals surface area contributed by atoms with Gasteiger partial charge in [0.2, 0.25) is 10.0 Å². The quantitative estimate of drug-likeness (QED) is 0.183. The molecular weight excluding hydrogens is 607 g/mol. The summed E-state index contributed by atoms with van der Waals surface area (Å²) in [5.74, 6) is -0.0942. The number of anilines is 2. The van der Waals surface area contributed by atoms with Crippen molar-refractivity contribution in [2.24, 2.45) is 0 Å². The van der Waals surface area contributed by atoms with Gasteiger partial charge in [0.05, 0.1) is 48.0 Å². The average Bonchev–Trinajstić information content (AvgIpc) is 3.01. The van der Waals surface area contributed by atoms with Crippen molar-refractivity contribution in [2.75, 3.05) is 24.2 Å². The molecule has 45 heavy (non-hydrogen) atoms. The number of aliphatic hydroxyl groups is 1. The molecule has 0 aliphatic carbocycles. The minimum absolute atomic E-state index is 0.0447. The van der Waals surface area contributed by atoms with E-state index < -0.39 is 39.8 Å². The van der Waals surface area contributed by atoms with Crippen LogP contribution in [-0.2, 0) is 29.2 Å². The van der Waals surface area contributed by atoms with E-state index in [0.29, 0.717) is 17.0 Å². The number of methoxy groups -OCH3 is 1. The molecule has 12 heteroatoms. The molecule has 0 aliphatic heterocycles.